The maximum Gasteiger partial charge on any atom is 0.433 e. The van der Waals surface area contributed by atoms with Gasteiger partial charge in [0.05, 0.1) is 12.3 Å². The molecule has 0 saturated heterocycles. The lowest BCUT2D eigenvalue weighted by atomic mass is 10.2. The summed E-state index contributed by atoms with van der Waals surface area (Å²) in [6.07, 6.45) is 3.88. The van der Waals surface area contributed by atoms with Gasteiger partial charge in [-0.1, -0.05) is 12.1 Å². The zero-order chi connectivity index (χ0) is 16.1. The summed E-state index contributed by atoms with van der Waals surface area (Å²) >= 11 is 0. The van der Waals surface area contributed by atoms with Crippen LogP contribution in [0.3, 0.4) is 0 Å². The van der Waals surface area contributed by atoms with Crippen LogP contribution in [0.1, 0.15) is 25.3 Å². The lowest BCUT2D eigenvalue weighted by molar-refractivity contribution is -0.401. The van der Waals surface area contributed by atoms with E-state index in [2.05, 4.69) is 15.1 Å². The van der Waals surface area contributed by atoms with Crippen molar-refractivity contribution in [3.8, 4) is 11.5 Å². The molecule has 0 N–H and O–H groups in total. The van der Waals surface area contributed by atoms with Crippen LogP contribution < -0.4 is 0 Å². The molecular weight excluding hydrogens is 292 g/mol. The third-order valence-electron chi connectivity index (χ3n) is 2.66. The third-order valence-corrected chi connectivity index (χ3v) is 2.66. The van der Waals surface area contributed by atoms with E-state index in [-0.39, 0.29) is 18.1 Å². The Balaban J connectivity index is 2.20. The number of aromatic nitrogens is 2. The summed E-state index contributed by atoms with van der Waals surface area (Å²) in [6, 6.07) is 2.69. The lowest BCUT2D eigenvalue weighted by Crippen LogP contribution is -1.98. The quantitative estimate of drug-likeness (QED) is 0.350. The Labute approximate surface area is 125 Å². The van der Waals surface area contributed by atoms with Crippen molar-refractivity contribution in [2.45, 2.75) is 19.8 Å². The van der Waals surface area contributed by atoms with Gasteiger partial charge >= 0.3 is 11.9 Å². The minimum absolute atomic E-state index is 0.230. The molecule has 0 bridgehead atoms. The van der Waals surface area contributed by atoms with Crippen molar-refractivity contribution in [2.75, 3.05) is 0 Å². The first-order valence-corrected chi connectivity index (χ1v) is 6.52. The van der Waals surface area contributed by atoms with E-state index in [1.807, 2.05) is 6.92 Å². The van der Waals surface area contributed by atoms with Crippen molar-refractivity contribution >= 4 is 18.1 Å². The second-order valence-corrected chi connectivity index (χ2v) is 4.45. The van der Waals surface area contributed by atoms with Gasteiger partial charge in [-0.05, 0) is 12.5 Å². The number of oxime groups is 1. The highest BCUT2D eigenvalue weighted by Gasteiger charge is 2.17. The van der Waals surface area contributed by atoms with E-state index in [1.165, 1.54) is 23.0 Å². The lowest BCUT2D eigenvalue weighted by Gasteiger charge is -1.94. The molecule has 0 spiro atoms. The summed E-state index contributed by atoms with van der Waals surface area (Å²) < 4.78 is 6.61. The first-order chi connectivity index (χ1) is 10.5. The molecule has 2 aromatic rings. The van der Waals surface area contributed by atoms with Crippen LogP contribution in [0.25, 0.3) is 11.5 Å². The van der Waals surface area contributed by atoms with Gasteiger partial charge in [0.1, 0.15) is 10.6 Å². The molecule has 9 nitrogen and oxygen atoms in total. The van der Waals surface area contributed by atoms with E-state index in [1.54, 1.807) is 13.2 Å². The molecule has 22 heavy (non-hydrogen) atoms. The first-order valence-electron chi connectivity index (χ1n) is 6.52. The Hall–Kier alpha value is -2.97. The molecule has 0 saturated carbocycles. The molecule has 2 rings (SSSR count). The normalized spacial score (nSPS) is 11.0. The number of nitrogens with zero attached hydrogens (tertiary/aromatic N) is 4. The van der Waals surface area contributed by atoms with Gasteiger partial charge in [0.2, 0.25) is 0 Å². The van der Waals surface area contributed by atoms with Gasteiger partial charge in [0.25, 0.3) is 0 Å². The second kappa shape index (κ2) is 6.66. The Morgan fingerprint density at radius 1 is 1.59 bits per heavy atom. The second-order valence-electron chi connectivity index (χ2n) is 4.45. The van der Waals surface area contributed by atoms with E-state index in [0.29, 0.717) is 17.7 Å². The summed E-state index contributed by atoms with van der Waals surface area (Å²) in [5, 5.41) is 18.4. The monoisotopic (exact) mass is 306 g/mol. The molecule has 0 unspecified atom stereocenters. The third kappa shape index (κ3) is 3.57. The summed E-state index contributed by atoms with van der Waals surface area (Å²) in [4.78, 5) is 25.9. The van der Waals surface area contributed by atoms with Crippen molar-refractivity contribution in [3.05, 3.63) is 34.0 Å². The van der Waals surface area contributed by atoms with Crippen molar-refractivity contribution in [1.82, 2.24) is 9.78 Å². The average molecular weight is 306 g/mol. The molecule has 0 aliphatic heterocycles. The van der Waals surface area contributed by atoms with E-state index in [0.717, 1.165) is 0 Å². The fourth-order valence-electron chi connectivity index (χ4n) is 1.74. The van der Waals surface area contributed by atoms with Crippen molar-refractivity contribution in [3.63, 3.8) is 0 Å². The predicted octanol–water partition coefficient (Wildman–Crippen LogP) is 2.27. The average Bonchev–Trinajstić information content (AvgIpc) is 3.05. The maximum atomic E-state index is 11.2. The number of furan rings is 1. The van der Waals surface area contributed by atoms with Gasteiger partial charge in [0, 0.05) is 25.2 Å². The van der Waals surface area contributed by atoms with Crippen molar-refractivity contribution < 1.29 is 19.0 Å². The van der Waals surface area contributed by atoms with Crippen LogP contribution in [0.5, 0.6) is 0 Å². The summed E-state index contributed by atoms with van der Waals surface area (Å²) in [5.41, 5.74) is 0.877. The molecule has 0 amide bonds. The molecular formula is C13H14N4O5. The van der Waals surface area contributed by atoms with Crippen LogP contribution in [0.4, 0.5) is 5.88 Å². The van der Waals surface area contributed by atoms with E-state index in [9.17, 15) is 14.9 Å². The molecule has 0 atom stereocenters. The van der Waals surface area contributed by atoms with Crippen LogP contribution in [-0.2, 0) is 16.7 Å². The predicted molar refractivity (Wildman–Crippen MR) is 76.2 cm³/mol. The highest BCUT2D eigenvalue weighted by molar-refractivity contribution is 5.87. The van der Waals surface area contributed by atoms with E-state index < -0.39 is 10.9 Å². The standard InChI is InChI=1S/C13H14N4O5/c1-3-4-12(18)22-14-7-9-8-16(2)15-13(9)10-5-6-11(21-10)17(19)20/h5-8H,3-4H2,1-2H3. The smallest absolute Gasteiger partial charge is 0.399 e. The molecule has 0 aliphatic rings. The van der Waals surface area contributed by atoms with Gasteiger partial charge in [-0.2, -0.15) is 5.10 Å². The van der Waals surface area contributed by atoms with Crippen LogP contribution in [0.15, 0.2) is 27.9 Å². The molecule has 0 aromatic carbocycles. The fourth-order valence-corrected chi connectivity index (χ4v) is 1.74. The summed E-state index contributed by atoms with van der Waals surface area (Å²) in [7, 11) is 1.68. The van der Waals surface area contributed by atoms with Crippen LogP contribution >= 0.6 is 0 Å². The Bertz CT molecular complexity index is 716. The molecule has 0 fully saturated rings. The largest absolute Gasteiger partial charge is 0.433 e. The summed E-state index contributed by atoms with van der Waals surface area (Å²) in [5.74, 6) is -0.579. The minimum Gasteiger partial charge on any atom is -0.399 e. The molecule has 9 heteroatoms. The van der Waals surface area contributed by atoms with Gasteiger partial charge in [-0.25, -0.2) is 4.79 Å². The van der Waals surface area contributed by atoms with Crippen LogP contribution in [0.2, 0.25) is 0 Å². The fraction of sp³-hybridized carbons (Fsp3) is 0.308. The summed E-state index contributed by atoms with van der Waals surface area (Å²) in [6.45, 7) is 1.86. The number of carbonyl (C=O) groups is 1. The van der Waals surface area contributed by atoms with E-state index in [4.69, 9.17) is 4.42 Å². The number of hydrogen-bond donors (Lipinski definition) is 0. The SMILES string of the molecule is CCCC(=O)ON=Cc1cn(C)nc1-c1ccc([N+](=O)[O-])o1. The first kappa shape index (κ1) is 15.4. The Morgan fingerprint density at radius 2 is 2.36 bits per heavy atom. The highest BCUT2D eigenvalue weighted by atomic mass is 16.7. The maximum absolute atomic E-state index is 11.2. The number of hydrogen-bond acceptors (Lipinski definition) is 7. The molecule has 2 aromatic heterocycles. The molecule has 0 radical (unpaired) electrons. The molecule has 116 valence electrons. The van der Waals surface area contributed by atoms with Crippen LogP contribution in [0, 0.1) is 10.1 Å². The minimum atomic E-state index is -0.632. The topological polar surface area (TPSA) is 113 Å². The number of aryl methyl sites for hydroxylation is 1. The highest BCUT2D eigenvalue weighted by Crippen LogP contribution is 2.26. The van der Waals surface area contributed by atoms with Gasteiger partial charge in [-0.3, -0.25) is 14.8 Å². The zero-order valence-electron chi connectivity index (χ0n) is 12.1. The number of nitro groups is 1. The van der Waals surface area contributed by atoms with Gasteiger partial charge < -0.3 is 9.25 Å². The van der Waals surface area contributed by atoms with E-state index >= 15 is 0 Å². The van der Waals surface area contributed by atoms with Crippen molar-refractivity contribution in [2.24, 2.45) is 12.2 Å². The number of carbonyl (C=O) groups excluding carboxylic acids is 1. The zero-order valence-corrected chi connectivity index (χ0v) is 12.1. The van der Waals surface area contributed by atoms with Gasteiger partial charge in [-0.15, -0.1) is 0 Å². The molecule has 2 heterocycles. The van der Waals surface area contributed by atoms with Crippen molar-refractivity contribution in [1.29, 1.82) is 0 Å². The van der Waals surface area contributed by atoms with Gasteiger partial charge in [0.15, 0.2) is 5.76 Å². The Kier molecular flexibility index (Phi) is 4.66. The Morgan fingerprint density at radius 3 is 3.00 bits per heavy atom. The molecule has 0 aliphatic carbocycles. The number of rotatable bonds is 6. The van der Waals surface area contributed by atoms with Crippen LogP contribution in [-0.4, -0.2) is 26.9 Å².